The molecule has 1 unspecified atom stereocenters. The number of phenols is 1. The van der Waals surface area contributed by atoms with Crippen LogP contribution in [0.1, 0.15) is 24.2 Å². The van der Waals surface area contributed by atoms with E-state index in [0.29, 0.717) is 16.5 Å². The van der Waals surface area contributed by atoms with Crippen LogP contribution in [-0.2, 0) is 0 Å². The van der Waals surface area contributed by atoms with Gasteiger partial charge >= 0.3 is 0 Å². The highest BCUT2D eigenvalue weighted by atomic mass is 127. The van der Waals surface area contributed by atoms with Crippen LogP contribution >= 0.6 is 34.2 Å². The number of nitrogens with one attached hydrogen (secondary N) is 1. The van der Waals surface area contributed by atoms with Crippen LogP contribution in [0.3, 0.4) is 0 Å². The summed E-state index contributed by atoms with van der Waals surface area (Å²) in [5.41, 5.74) is 0.308. The number of hydrogen-bond donors (Lipinski definition) is 2. The van der Waals surface area contributed by atoms with E-state index >= 15 is 0 Å². The lowest BCUT2D eigenvalue weighted by Crippen LogP contribution is -2.39. The summed E-state index contributed by atoms with van der Waals surface area (Å²) in [5, 5.41) is 12.6. The molecule has 0 saturated heterocycles. The Morgan fingerprint density at radius 2 is 2.18 bits per heavy atom. The topological polar surface area (TPSA) is 49.3 Å². The van der Waals surface area contributed by atoms with Crippen LogP contribution in [0, 0.1) is 5.92 Å². The van der Waals surface area contributed by atoms with Gasteiger partial charge in [-0.05, 0) is 24.1 Å². The van der Waals surface area contributed by atoms with Gasteiger partial charge < -0.3 is 10.4 Å². The molecule has 0 radical (unpaired) electrons. The first-order chi connectivity index (χ1) is 7.95. The number of halogens is 2. The maximum atomic E-state index is 12.0. The quantitative estimate of drug-likeness (QED) is 0.634. The summed E-state index contributed by atoms with van der Waals surface area (Å²) in [6.07, 6.45) is 0. The van der Waals surface area contributed by atoms with Crippen molar-refractivity contribution in [3.05, 3.63) is 28.8 Å². The zero-order valence-electron chi connectivity index (χ0n) is 9.71. The van der Waals surface area contributed by atoms with Gasteiger partial charge in [-0.15, -0.1) is 0 Å². The van der Waals surface area contributed by atoms with Gasteiger partial charge in [-0.3, -0.25) is 4.79 Å². The van der Waals surface area contributed by atoms with Gasteiger partial charge in [-0.1, -0.05) is 48.0 Å². The summed E-state index contributed by atoms with van der Waals surface area (Å²) < 4.78 is 0.831. The second-order valence-electron chi connectivity index (χ2n) is 4.14. The summed E-state index contributed by atoms with van der Waals surface area (Å²) in [6, 6.07) is 4.45. The molecule has 0 bridgehead atoms. The lowest BCUT2D eigenvalue weighted by atomic mass is 10.1. The van der Waals surface area contributed by atoms with Gasteiger partial charge in [-0.2, -0.15) is 0 Å². The van der Waals surface area contributed by atoms with E-state index in [0.717, 1.165) is 4.43 Å². The number of hydrogen-bond acceptors (Lipinski definition) is 2. The van der Waals surface area contributed by atoms with Crippen LogP contribution in [0.25, 0.3) is 0 Å². The third-order valence-corrected chi connectivity index (χ3v) is 3.76. The highest BCUT2D eigenvalue weighted by Gasteiger charge is 2.18. The Bertz CT molecular complexity index is 409. The molecule has 1 atom stereocenters. The van der Waals surface area contributed by atoms with E-state index < -0.39 is 0 Å². The fraction of sp³-hybridized carbons (Fsp3) is 0.417. The first kappa shape index (κ1) is 14.6. The Hall–Kier alpha value is -0.490. The molecular formula is C12H15ClINO2. The molecule has 17 heavy (non-hydrogen) atoms. The molecule has 1 aromatic carbocycles. The van der Waals surface area contributed by atoms with Crippen molar-refractivity contribution in [3.8, 4) is 5.75 Å². The minimum atomic E-state index is -0.249. The van der Waals surface area contributed by atoms with Crippen LogP contribution in [-0.4, -0.2) is 21.5 Å². The first-order valence-corrected chi connectivity index (χ1v) is 7.21. The minimum absolute atomic E-state index is 0.0371. The predicted molar refractivity (Wildman–Crippen MR) is 78.1 cm³/mol. The zero-order valence-corrected chi connectivity index (χ0v) is 12.6. The number of aromatic hydroxyl groups is 1. The third-order valence-electron chi connectivity index (χ3n) is 2.48. The molecule has 5 heteroatoms. The molecular weight excluding hydrogens is 352 g/mol. The SMILES string of the molecule is CC(C)C(CI)NC(=O)c1cc(O)ccc1Cl. The molecule has 0 fully saturated rings. The van der Waals surface area contributed by atoms with E-state index in [4.69, 9.17) is 11.6 Å². The van der Waals surface area contributed by atoms with Crippen LogP contribution in [0.4, 0.5) is 0 Å². The number of carbonyl (C=O) groups is 1. The number of alkyl halides is 1. The van der Waals surface area contributed by atoms with Crippen molar-refractivity contribution in [1.29, 1.82) is 0 Å². The Morgan fingerprint density at radius 3 is 2.71 bits per heavy atom. The molecule has 0 aliphatic heterocycles. The van der Waals surface area contributed by atoms with E-state index in [1.165, 1.54) is 18.2 Å². The normalized spacial score (nSPS) is 12.5. The molecule has 3 nitrogen and oxygen atoms in total. The predicted octanol–water partition coefficient (Wildman–Crippen LogP) is 3.24. The molecule has 1 rings (SSSR count). The summed E-state index contributed by atoms with van der Waals surface area (Å²) in [4.78, 5) is 12.0. The van der Waals surface area contributed by atoms with Gasteiger partial charge in [0.25, 0.3) is 5.91 Å². The number of amides is 1. The zero-order chi connectivity index (χ0) is 13.0. The van der Waals surface area contributed by atoms with Crippen LogP contribution in [0.5, 0.6) is 5.75 Å². The van der Waals surface area contributed by atoms with Crippen molar-refractivity contribution >= 4 is 40.1 Å². The van der Waals surface area contributed by atoms with Crippen molar-refractivity contribution in [3.63, 3.8) is 0 Å². The average Bonchev–Trinajstić information content (AvgIpc) is 2.28. The standard InChI is InChI=1S/C12H15ClINO2/c1-7(2)11(6-14)15-12(17)9-5-8(16)3-4-10(9)13/h3-5,7,11,16H,6H2,1-2H3,(H,15,17). The molecule has 2 N–H and O–H groups in total. The van der Waals surface area contributed by atoms with E-state index in [-0.39, 0.29) is 17.7 Å². The highest BCUT2D eigenvalue weighted by molar-refractivity contribution is 14.1. The minimum Gasteiger partial charge on any atom is -0.508 e. The van der Waals surface area contributed by atoms with Gasteiger partial charge in [0.15, 0.2) is 0 Å². The highest BCUT2D eigenvalue weighted by Crippen LogP contribution is 2.21. The van der Waals surface area contributed by atoms with E-state index in [2.05, 4.69) is 27.9 Å². The molecule has 0 spiro atoms. The largest absolute Gasteiger partial charge is 0.508 e. The molecule has 0 aliphatic carbocycles. The Labute approximate surface area is 120 Å². The van der Waals surface area contributed by atoms with Crippen molar-refractivity contribution in [2.45, 2.75) is 19.9 Å². The summed E-state index contributed by atoms with van der Waals surface area (Å²) in [7, 11) is 0. The van der Waals surface area contributed by atoms with Crippen LogP contribution in [0.2, 0.25) is 5.02 Å². The fourth-order valence-electron chi connectivity index (χ4n) is 1.32. The molecule has 1 aromatic rings. The van der Waals surface area contributed by atoms with Crippen molar-refractivity contribution in [2.24, 2.45) is 5.92 Å². The van der Waals surface area contributed by atoms with E-state index in [1.54, 1.807) is 0 Å². The van der Waals surface area contributed by atoms with Gasteiger partial charge in [-0.25, -0.2) is 0 Å². The lowest BCUT2D eigenvalue weighted by molar-refractivity contribution is 0.0932. The summed E-state index contributed by atoms with van der Waals surface area (Å²) in [6.45, 7) is 4.10. The molecule has 0 aromatic heterocycles. The number of benzene rings is 1. The fourth-order valence-corrected chi connectivity index (χ4v) is 2.76. The van der Waals surface area contributed by atoms with E-state index in [1.807, 2.05) is 13.8 Å². The molecule has 0 heterocycles. The first-order valence-electron chi connectivity index (χ1n) is 5.31. The van der Waals surface area contributed by atoms with Crippen molar-refractivity contribution < 1.29 is 9.90 Å². The maximum Gasteiger partial charge on any atom is 0.253 e. The van der Waals surface area contributed by atoms with E-state index in [9.17, 15) is 9.90 Å². The van der Waals surface area contributed by atoms with Gasteiger partial charge in [0.05, 0.1) is 10.6 Å². The average molecular weight is 368 g/mol. The third kappa shape index (κ3) is 4.03. The molecule has 94 valence electrons. The van der Waals surface area contributed by atoms with Gasteiger partial charge in [0, 0.05) is 10.5 Å². The Morgan fingerprint density at radius 1 is 1.53 bits per heavy atom. The van der Waals surface area contributed by atoms with Crippen LogP contribution < -0.4 is 5.32 Å². The number of carbonyl (C=O) groups excluding carboxylic acids is 1. The van der Waals surface area contributed by atoms with Crippen molar-refractivity contribution in [1.82, 2.24) is 5.32 Å². The number of rotatable bonds is 4. The monoisotopic (exact) mass is 367 g/mol. The van der Waals surface area contributed by atoms with Crippen LogP contribution in [0.15, 0.2) is 18.2 Å². The summed E-state index contributed by atoms with van der Waals surface area (Å²) in [5.74, 6) is 0.142. The summed E-state index contributed by atoms with van der Waals surface area (Å²) >= 11 is 8.16. The lowest BCUT2D eigenvalue weighted by Gasteiger charge is -2.20. The van der Waals surface area contributed by atoms with Gasteiger partial charge in [0.1, 0.15) is 5.75 Å². The maximum absolute atomic E-state index is 12.0. The molecule has 0 aliphatic rings. The molecule has 1 amide bonds. The smallest absolute Gasteiger partial charge is 0.253 e. The second-order valence-corrected chi connectivity index (χ2v) is 5.43. The van der Waals surface area contributed by atoms with Crippen molar-refractivity contribution in [2.75, 3.05) is 4.43 Å². The number of phenolic OH excluding ortho intramolecular Hbond substituents is 1. The Balaban J connectivity index is 2.86. The Kier molecular flexibility index (Phi) is 5.52. The second kappa shape index (κ2) is 6.44. The van der Waals surface area contributed by atoms with Gasteiger partial charge in [0.2, 0.25) is 0 Å². The molecule has 0 saturated carbocycles.